The van der Waals surface area contributed by atoms with Crippen molar-refractivity contribution in [2.45, 2.75) is 25.8 Å². The number of imidazole rings is 1. The maximum atomic E-state index is 12.3. The van der Waals surface area contributed by atoms with Crippen LogP contribution >= 0.6 is 11.8 Å². The van der Waals surface area contributed by atoms with Gasteiger partial charge in [0.1, 0.15) is 16.4 Å². The Kier molecular flexibility index (Phi) is 6.69. The zero-order valence-electron chi connectivity index (χ0n) is 18.5. The Hall–Kier alpha value is -3.72. The number of rotatable bonds is 7. The summed E-state index contributed by atoms with van der Waals surface area (Å²) in [6, 6.07) is 14.3. The first kappa shape index (κ1) is 22.5. The predicted octanol–water partition coefficient (Wildman–Crippen LogP) is 4.32. The number of carbonyl (C=O) groups excluding carboxylic acids is 2. The minimum Gasteiger partial charge on any atom is -0.462 e. The fourth-order valence-electron chi connectivity index (χ4n) is 3.34. The number of hydrogen-bond acceptors (Lipinski definition) is 7. The van der Waals surface area contributed by atoms with Crippen LogP contribution in [0.15, 0.2) is 59.8 Å². The lowest BCUT2D eigenvalue weighted by molar-refractivity contribution is -0.113. The lowest BCUT2D eigenvalue weighted by Gasteiger charge is -2.07. The topological polar surface area (TPSA) is 98.5 Å². The number of aryl methyl sites for hydroxylation is 2. The molecule has 0 bridgehead atoms. The van der Waals surface area contributed by atoms with Crippen LogP contribution in [-0.4, -0.2) is 43.8 Å². The van der Waals surface area contributed by atoms with Crippen LogP contribution in [0, 0.1) is 13.8 Å². The van der Waals surface area contributed by atoms with Crippen molar-refractivity contribution >= 4 is 35.0 Å². The van der Waals surface area contributed by atoms with Crippen LogP contribution < -0.4 is 5.32 Å². The van der Waals surface area contributed by atoms with Crippen LogP contribution in [0.3, 0.4) is 0 Å². The highest BCUT2D eigenvalue weighted by Crippen LogP contribution is 2.25. The third-order valence-corrected chi connectivity index (χ3v) is 5.77. The number of pyridine rings is 1. The lowest BCUT2D eigenvalue weighted by atomic mass is 10.2. The Balaban J connectivity index is 1.37. The number of hydrogen-bond donors (Lipinski definition) is 1. The van der Waals surface area contributed by atoms with Gasteiger partial charge in [-0.25, -0.2) is 9.78 Å². The number of fused-ring (bicyclic) bond motifs is 1. The maximum absolute atomic E-state index is 12.3. The molecule has 1 amide bonds. The first-order valence-corrected chi connectivity index (χ1v) is 11.4. The van der Waals surface area contributed by atoms with Gasteiger partial charge in [-0.1, -0.05) is 17.8 Å². The van der Waals surface area contributed by atoms with Gasteiger partial charge in [-0.05, 0) is 68.8 Å². The van der Waals surface area contributed by atoms with E-state index in [1.54, 1.807) is 31.2 Å². The van der Waals surface area contributed by atoms with Crippen molar-refractivity contribution in [1.29, 1.82) is 0 Å². The lowest BCUT2D eigenvalue weighted by Crippen LogP contribution is -2.14. The Labute approximate surface area is 195 Å². The highest BCUT2D eigenvalue weighted by molar-refractivity contribution is 7.99. The number of carbonyl (C=O) groups is 2. The molecule has 0 saturated heterocycles. The number of anilines is 1. The fourth-order valence-corrected chi connectivity index (χ4v) is 3.96. The molecule has 0 atom stereocenters. The summed E-state index contributed by atoms with van der Waals surface area (Å²) in [6.45, 7) is 6.05. The second-order valence-electron chi connectivity index (χ2n) is 7.37. The first-order valence-electron chi connectivity index (χ1n) is 10.4. The molecule has 3 aromatic heterocycles. The molecule has 8 nitrogen and oxygen atoms in total. The van der Waals surface area contributed by atoms with Crippen molar-refractivity contribution in [3.05, 3.63) is 71.5 Å². The zero-order valence-corrected chi connectivity index (χ0v) is 19.3. The molecule has 33 heavy (non-hydrogen) atoms. The Morgan fingerprint density at radius 2 is 1.82 bits per heavy atom. The molecule has 4 rings (SSSR count). The van der Waals surface area contributed by atoms with Crippen LogP contribution in [0.1, 0.15) is 28.5 Å². The van der Waals surface area contributed by atoms with Gasteiger partial charge < -0.3 is 10.1 Å². The maximum Gasteiger partial charge on any atom is 0.338 e. The molecule has 1 aromatic carbocycles. The van der Waals surface area contributed by atoms with Crippen molar-refractivity contribution < 1.29 is 14.3 Å². The summed E-state index contributed by atoms with van der Waals surface area (Å²) < 4.78 is 6.97. The van der Waals surface area contributed by atoms with Crippen molar-refractivity contribution in [3.8, 4) is 11.4 Å². The van der Waals surface area contributed by atoms with Gasteiger partial charge in [0.05, 0.1) is 29.3 Å². The summed E-state index contributed by atoms with van der Waals surface area (Å²) in [5.41, 5.74) is 5.54. The Morgan fingerprint density at radius 3 is 2.52 bits per heavy atom. The molecule has 9 heteroatoms. The second kappa shape index (κ2) is 9.83. The number of esters is 1. The third-order valence-electron chi connectivity index (χ3n) is 4.85. The smallest absolute Gasteiger partial charge is 0.338 e. The zero-order chi connectivity index (χ0) is 23.4. The van der Waals surface area contributed by atoms with Crippen molar-refractivity contribution in [2.75, 3.05) is 17.7 Å². The molecule has 0 aliphatic rings. The van der Waals surface area contributed by atoms with Gasteiger partial charge in [0.15, 0.2) is 0 Å². The SMILES string of the molecule is CCOC(=O)c1ccc(NC(=O)CSc2ccc(-c3c(C)nc4ccc(C)cn34)nn2)cc1. The molecular formula is C24H23N5O3S. The van der Waals surface area contributed by atoms with Crippen molar-refractivity contribution in [3.63, 3.8) is 0 Å². The Bertz CT molecular complexity index is 1300. The summed E-state index contributed by atoms with van der Waals surface area (Å²) in [7, 11) is 0. The van der Waals surface area contributed by atoms with Gasteiger partial charge in [0, 0.05) is 11.9 Å². The highest BCUT2D eigenvalue weighted by atomic mass is 32.2. The normalized spacial score (nSPS) is 10.9. The van der Waals surface area contributed by atoms with Gasteiger partial charge in [-0.3, -0.25) is 9.20 Å². The van der Waals surface area contributed by atoms with Gasteiger partial charge in [-0.2, -0.15) is 0 Å². The monoisotopic (exact) mass is 461 g/mol. The van der Waals surface area contributed by atoms with Crippen LogP contribution in [-0.2, 0) is 9.53 Å². The van der Waals surface area contributed by atoms with Crippen LogP contribution in [0.5, 0.6) is 0 Å². The molecule has 168 valence electrons. The largest absolute Gasteiger partial charge is 0.462 e. The average Bonchev–Trinajstić information content (AvgIpc) is 3.13. The molecule has 0 saturated carbocycles. The summed E-state index contributed by atoms with van der Waals surface area (Å²) >= 11 is 1.30. The van der Waals surface area contributed by atoms with Gasteiger partial charge >= 0.3 is 5.97 Å². The summed E-state index contributed by atoms with van der Waals surface area (Å²) in [6.07, 6.45) is 2.03. The number of amides is 1. The van der Waals surface area contributed by atoms with Crippen molar-refractivity contribution in [1.82, 2.24) is 19.6 Å². The highest BCUT2D eigenvalue weighted by Gasteiger charge is 2.14. The molecular weight excluding hydrogens is 438 g/mol. The number of ether oxygens (including phenoxy) is 1. The molecule has 3 heterocycles. The van der Waals surface area contributed by atoms with Crippen LogP contribution in [0.4, 0.5) is 5.69 Å². The fraction of sp³-hybridized carbons (Fsp3) is 0.208. The van der Waals surface area contributed by atoms with E-state index in [2.05, 4.69) is 20.5 Å². The summed E-state index contributed by atoms with van der Waals surface area (Å²) in [5.74, 6) is -0.383. The number of nitrogens with zero attached hydrogens (tertiary/aromatic N) is 4. The minimum atomic E-state index is -0.387. The van der Waals surface area contributed by atoms with Gasteiger partial charge in [0.2, 0.25) is 5.91 Å². The summed E-state index contributed by atoms with van der Waals surface area (Å²) in [4.78, 5) is 28.6. The number of thioether (sulfide) groups is 1. The molecule has 0 spiro atoms. The second-order valence-corrected chi connectivity index (χ2v) is 8.37. The van der Waals surface area contributed by atoms with E-state index in [4.69, 9.17) is 4.74 Å². The van der Waals surface area contributed by atoms with E-state index in [1.165, 1.54) is 11.8 Å². The quantitative estimate of drug-likeness (QED) is 0.323. The molecule has 0 unspecified atom stereocenters. The van der Waals surface area contributed by atoms with Crippen LogP contribution in [0.2, 0.25) is 0 Å². The van der Waals surface area contributed by atoms with E-state index in [9.17, 15) is 9.59 Å². The van der Waals surface area contributed by atoms with E-state index in [0.717, 1.165) is 28.3 Å². The molecule has 0 aliphatic heterocycles. The molecule has 0 radical (unpaired) electrons. The number of nitrogens with one attached hydrogen (secondary N) is 1. The Morgan fingerprint density at radius 1 is 1.03 bits per heavy atom. The third kappa shape index (κ3) is 5.20. The van der Waals surface area contributed by atoms with Gasteiger partial charge in [0.25, 0.3) is 0 Å². The molecule has 0 aliphatic carbocycles. The van der Waals surface area contributed by atoms with E-state index in [0.29, 0.717) is 22.9 Å². The van der Waals surface area contributed by atoms with Crippen molar-refractivity contribution in [2.24, 2.45) is 0 Å². The minimum absolute atomic E-state index is 0.178. The molecule has 0 fully saturated rings. The van der Waals surface area contributed by atoms with E-state index in [1.807, 2.05) is 48.7 Å². The van der Waals surface area contributed by atoms with E-state index < -0.39 is 0 Å². The molecule has 1 N–H and O–H groups in total. The molecule has 4 aromatic rings. The number of aromatic nitrogens is 4. The predicted molar refractivity (Wildman–Crippen MR) is 127 cm³/mol. The van der Waals surface area contributed by atoms with Gasteiger partial charge in [-0.15, -0.1) is 10.2 Å². The standard InChI is InChI=1S/C24H23N5O3S/c1-4-32-24(31)17-6-8-18(9-7-17)26-21(30)14-33-22-12-10-19(27-28-22)23-16(3)25-20-11-5-15(2)13-29(20)23/h5-13H,4,14H2,1-3H3,(H,26,30). The number of benzene rings is 1. The first-order chi connectivity index (χ1) is 15.9. The van der Waals surface area contributed by atoms with Crippen LogP contribution in [0.25, 0.3) is 17.0 Å². The average molecular weight is 462 g/mol. The van der Waals surface area contributed by atoms with E-state index >= 15 is 0 Å². The summed E-state index contributed by atoms with van der Waals surface area (Å²) in [5, 5.41) is 12.1. The van der Waals surface area contributed by atoms with E-state index in [-0.39, 0.29) is 17.6 Å².